The normalized spacial score (nSPS) is 21.4. The molecule has 0 unspecified atom stereocenters. The summed E-state index contributed by atoms with van der Waals surface area (Å²) in [5, 5.41) is 1.01. The van der Waals surface area contributed by atoms with Gasteiger partial charge in [0.15, 0.2) is 0 Å². The maximum atomic E-state index is 5.71. The van der Waals surface area contributed by atoms with Crippen molar-refractivity contribution in [3.8, 4) is 0 Å². The summed E-state index contributed by atoms with van der Waals surface area (Å²) >= 11 is 5.71. The van der Waals surface area contributed by atoms with E-state index >= 15 is 0 Å². The van der Waals surface area contributed by atoms with Gasteiger partial charge in [-0.2, -0.15) is 0 Å². The van der Waals surface area contributed by atoms with E-state index in [9.17, 15) is 0 Å². The van der Waals surface area contributed by atoms with Gasteiger partial charge < -0.3 is 0 Å². The van der Waals surface area contributed by atoms with Crippen molar-refractivity contribution in [2.75, 3.05) is 13.6 Å². The number of hydrogen-bond acceptors (Lipinski definition) is 0. The Labute approximate surface area is 48.6 Å². The predicted molar refractivity (Wildman–Crippen MR) is 31.1 cm³/mol. The minimum absolute atomic E-state index is 1.01. The van der Waals surface area contributed by atoms with E-state index < -0.39 is 0 Å². The maximum absolute atomic E-state index is 5.71. The average Bonchev–Trinajstić information content (AvgIpc) is 1.91. The third-order valence-corrected chi connectivity index (χ3v) is 1.77. The molecule has 1 rings (SSSR count). The SMILES string of the molecule is C[N+]1=C(Cl)CCC1. The predicted octanol–water partition coefficient (Wildman–Crippen LogP) is 1.06. The molecule has 0 fully saturated rings. The summed E-state index contributed by atoms with van der Waals surface area (Å²) in [6.45, 7) is 1.14. The third-order valence-electron chi connectivity index (χ3n) is 1.29. The largest absolute Gasteiger partial charge is 0.245 e. The molecule has 0 radical (unpaired) electrons. The zero-order valence-corrected chi connectivity index (χ0v) is 5.20. The lowest BCUT2D eigenvalue weighted by Crippen LogP contribution is -2.02. The molecule has 40 valence electrons. The fraction of sp³-hybridized carbons (Fsp3) is 0.800. The number of hydrogen-bond donors (Lipinski definition) is 0. The first-order chi connectivity index (χ1) is 3.30. The molecular weight excluding hydrogens is 110 g/mol. The summed E-state index contributed by atoms with van der Waals surface area (Å²) in [4.78, 5) is 0. The van der Waals surface area contributed by atoms with E-state index in [1.807, 2.05) is 7.05 Å². The number of halogens is 1. The van der Waals surface area contributed by atoms with Crippen molar-refractivity contribution >= 4 is 16.8 Å². The van der Waals surface area contributed by atoms with Crippen LogP contribution in [0.3, 0.4) is 0 Å². The van der Waals surface area contributed by atoms with E-state index in [0.29, 0.717) is 0 Å². The Balaban J connectivity index is 2.64. The van der Waals surface area contributed by atoms with Crippen LogP contribution >= 0.6 is 11.6 Å². The lowest BCUT2D eigenvalue weighted by atomic mass is 10.4. The summed E-state index contributed by atoms with van der Waals surface area (Å²) in [7, 11) is 2.02. The Kier molecular flexibility index (Phi) is 1.33. The Bertz CT molecular complexity index is 94.6. The lowest BCUT2D eigenvalue weighted by molar-refractivity contribution is -0.486. The van der Waals surface area contributed by atoms with Gasteiger partial charge in [0.05, 0.1) is 6.42 Å². The highest BCUT2D eigenvalue weighted by Gasteiger charge is 2.14. The number of nitrogens with zero attached hydrogens (tertiary/aromatic N) is 1. The highest BCUT2D eigenvalue weighted by Crippen LogP contribution is 2.04. The Morgan fingerprint density at radius 1 is 1.71 bits per heavy atom. The molecule has 7 heavy (non-hydrogen) atoms. The first kappa shape index (κ1) is 5.10. The average molecular weight is 119 g/mol. The fourth-order valence-corrected chi connectivity index (χ4v) is 0.992. The van der Waals surface area contributed by atoms with E-state index in [2.05, 4.69) is 4.58 Å². The standard InChI is InChI=1S/C5H9ClN/c1-7-4-2-3-5(7)6/h2-4H2,1H3/q+1. The molecule has 0 aromatic heterocycles. The Hall–Kier alpha value is -0.0400. The van der Waals surface area contributed by atoms with E-state index in [-0.39, 0.29) is 0 Å². The van der Waals surface area contributed by atoms with Gasteiger partial charge in [-0.25, -0.2) is 4.58 Å². The lowest BCUT2D eigenvalue weighted by Gasteiger charge is -1.81. The second-order valence-electron chi connectivity index (χ2n) is 1.90. The van der Waals surface area contributed by atoms with Gasteiger partial charge in [0.25, 0.3) is 0 Å². The van der Waals surface area contributed by atoms with Crippen LogP contribution in [0.2, 0.25) is 0 Å². The summed E-state index contributed by atoms with van der Waals surface area (Å²) in [6, 6.07) is 0. The molecule has 0 N–H and O–H groups in total. The molecule has 0 amide bonds. The minimum Gasteiger partial charge on any atom is -0.226 e. The molecule has 1 heterocycles. The third kappa shape index (κ3) is 0.942. The smallest absolute Gasteiger partial charge is 0.226 e. The monoisotopic (exact) mass is 118 g/mol. The fourth-order valence-electron chi connectivity index (χ4n) is 0.774. The van der Waals surface area contributed by atoms with Crippen LogP contribution in [0.4, 0.5) is 0 Å². The van der Waals surface area contributed by atoms with Crippen molar-refractivity contribution < 1.29 is 4.58 Å². The van der Waals surface area contributed by atoms with Crippen molar-refractivity contribution in [3.63, 3.8) is 0 Å². The van der Waals surface area contributed by atoms with Gasteiger partial charge in [0, 0.05) is 6.42 Å². The van der Waals surface area contributed by atoms with E-state index in [0.717, 1.165) is 18.1 Å². The molecule has 2 heteroatoms. The topological polar surface area (TPSA) is 3.01 Å². The van der Waals surface area contributed by atoms with Gasteiger partial charge in [0.2, 0.25) is 5.17 Å². The molecule has 0 spiro atoms. The van der Waals surface area contributed by atoms with Crippen LogP contribution < -0.4 is 0 Å². The van der Waals surface area contributed by atoms with Gasteiger partial charge in [-0.1, -0.05) is 0 Å². The van der Waals surface area contributed by atoms with Gasteiger partial charge in [-0.15, -0.1) is 0 Å². The summed E-state index contributed by atoms with van der Waals surface area (Å²) < 4.78 is 2.08. The molecular formula is C5H9ClN+. The van der Waals surface area contributed by atoms with Crippen molar-refractivity contribution in [2.45, 2.75) is 12.8 Å². The summed E-state index contributed by atoms with van der Waals surface area (Å²) in [5.74, 6) is 0. The van der Waals surface area contributed by atoms with Crippen LogP contribution in [0, 0.1) is 0 Å². The molecule has 1 aliphatic heterocycles. The molecule has 1 aliphatic rings. The van der Waals surface area contributed by atoms with Crippen LogP contribution in [0.1, 0.15) is 12.8 Å². The second kappa shape index (κ2) is 1.83. The number of rotatable bonds is 0. The van der Waals surface area contributed by atoms with E-state index in [4.69, 9.17) is 11.6 Å². The van der Waals surface area contributed by atoms with Crippen LogP contribution in [0.5, 0.6) is 0 Å². The minimum atomic E-state index is 1.01. The molecule has 0 aliphatic carbocycles. The van der Waals surface area contributed by atoms with Gasteiger partial charge in [0.1, 0.15) is 13.6 Å². The zero-order chi connectivity index (χ0) is 5.28. The van der Waals surface area contributed by atoms with Gasteiger partial charge in [-0.05, 0) is 11.6 Å². The Morgan fingerprint density at radius 3 is 2.57 bits per heavy atom. The van der Waals surface area contributed by atoms with Gasteiger partial charge >= 0.3 is 0 Å². The molecule has 0 aromatic carbocycles. The maximum Gasteiger partial charge on any atom is 0.245 e. The molecule has 0 atom stereocenters. The van der Waals surface area contributed by atoms with Gasteiger partial charge in [-0.3, -0.25) is 0 Å². The van der Waals surface area contributed by atoms with Crippen molar-refractivity contribution in [1.29, 1.82) is 0 Å². The quantitative estimate of drug-likeness (QED) is 0.419. The molecule has 0 bridgehead atoms. The van der Waals surface area contributed by atoms with E-state index in [1.165, 1.54) is 6.42 Å². The van der Waals surface area contributed by atoms with Crippen LogP contribution in [0.25, 0.3) is 0 Å². The molecule has 1 nitrogen and oxygen atoms in total. The summed E-state index contributed by atoms with van der Waals surface area (Å²) in [5.41, 5.74) is 0. The molecule has 0 aromatic rings. The zero-order valence-electron chi connectivity index (χ0n) is 4.45. The Morgan fingerprint density at radius 2 is 2.43 bits per heavy atom. The first-order valence-corrected chi connectivity index (χ1v) is 2.91. The molecule has 0 saturated heterocycles. The van der Waals surface area contributed by atoms with E-state index in [1.54, 1.807) is 0 Å². The van der Waals surface area contributed by atoms with Crippen molar-refractivity contribution in [2.24, 2.45) is 0 Å². The van der Waals surface area contributed by atoms with Crippen LogP contribution in [0.15, 0.2) is 0 Å². The highest BCUT2D eigenvalue weighted by molar-refractivity contribution is 6.64. The van der Waals surface area contributed by atoms with Crippen LogP contribution in [-0.2, 0) is 0 Å². The highest BCUT2D eigenvalue weighted by atomic mass is 35.5. The van der Waals surface area contributed by atoms with Crippen molar-refractivity contribution in [1.82, 2.24) is 0 Å². The second-order valence-corrected chi connectivity index (χ2v) is 2.34. The first-order valence-electron chi connectivity index (χ1n) is 2.53. The molecule has 0 saturated carbocycles. The van der Waals surface area contributed by atoms with Crippen molar-refractivity contribution in [3.05, 3.63) is 0 Å². The van der Waals surface area contributed by atoms with Crippen LogP contribution in [-0.4, -0.2) is 23.3 Å². The summed E-state index contributed by atoms with van der Waals surface area (Å²) in [6.07, 6.45) is 2.31.